The lowest BCUT2D eigenvalue weighted by Gasteiger charge is -2.17. The van der Waals surface area contributed by atoms with Gasteiger partial charge in [-0.2, -0.15) is 0 Å². The van der Waals surface area contributed by atoms with Gasteiger partial charge in [0.05, 0.1) is 6.54 Å². The van der Waals surface area contributed by atoms with Gasteiger partial charge in [-0.3, -0.25) is 14.6 Å². The predicted octanol–water partition coefficient (Wildman–Crippen LogP) is 2.95. The van der Waals surface area contributed by atoms with Crippen LogP contribution in [-0.4, -0.2) is 35.3 Å². The van der Waals surface area contributed by atoms with Gasteiger partial charge in [0, 0.05) is 36.1 Å². The zero-order valence-corrected chi connectivity index (χ0v) is 13.3. The Labute approximate surface area is 139 Å². The molecule has 0 unspecified atom stereocenters. The number of hydrogen-bond acceptors (Lipinski definition) is 3. The number of pyridine rings is 1. The third-order valence-electron chi connectivity index (χ3n) is 3.72. The molecule has 1 heterocycles. The molecule has 1 N–H and O–H groups in total. The van der Waals surface area contributed by atoms with Crippen LogP contribution in [0, 0.1) is 0 Å². The van der Waals surface area contributed by atoms with Crippen molar-refractivity contribution in [3.05, 3.63) is 72.6 Å². The lowest BCUT2D eigenvalue weighted by atomic mass is 10.1. The van der Waals surface area contributed by atoms with Crippen molar-refractivity contribution in [2.24, 2.45) is 0 Å². The first-order valence-electron chi connectivity index (χ1n) is 7.58. The number of benzene rings is 2. The third-order valence-corrected chi connectivity index (χ3v) is 3.72. The van der Waals surface area contributed by atoms with Crippen LogP contribution in [0.4, 0.5) is 5.69 Å². The van der Waals surface area contributed by atoms with Gasteiger partial charge in [-0.1, -0.05) is 36.4 Å². The molecule has 5 nitrogen and oxygen atoms in total. The second kappa shape index (κ2) is 6.91. The first-order valence-corrected chi connectivity index (χ1v) is 7.58. The molecule has 3 aromatic rings. The zero-order chi connectivity index (χ0) is 16.9. The number of nitrogens with one attached hydrogen (secondary N) is 1. The van der Waals surface area contributed by atoms with Gasteiger partial charge in [0.15, 0.2) is 0 Å². The van der Waals surface area contributed by atoms with Gasteiger partial charge >= 0.3 is 0 Å². The summed E-state index contributed by atoms with van der Waals surface area (Å²) in [5.74, 6) is -0.457. The largest absolute Gasteiger partial charge is 0.332 e. The lowest BCUT2D eigenvalue weighted by molar-refractivity contribution is -0.116. The summed E-state index contributed by atoms with van der Waals surface area (Å²) in [6.07, 6.45) is 3.11. The molecule has 3 rings (SSSR count). The summed E-state index contributed by atoms with van der Waals surface area (Å²) in [5.41, 5.74) is 1.24. The van der Waals surface area contributed by atoms with Crippen LogP contribution < -0.4 is 5.32 Å². The highest BCUT2D eigenvalue weighted by Crippen LogP contribution is 2.22. The number of carbonyl (C=O) groups is 2. The second-order valence-corrected chi connectivity index (χ2v) is 5.47. The predicted molar refractivity (Wildman–Crippen MR) is 93.8 cm³/mol. The highest BCUT2D eigenvalue weighted by molar-refractivity contribution is 6.04. The van der Waals surface area contributed by atoms with Crippen LogP contribution in [0.15, 0.2) is 67.0 Å². The molecule has 0 aliphatic heterocycles. The van der Waals surface area contributed by atoms with Crippen molar-refractivity contribution >= 4 is 28.3 Å². The fraction of sp³-hybridized carbons (Fsp3) is 0.105. The fourth-order valence-electron chi connectivity index (χ4n) is 2.53. The van der Waals surface area contributed by atoms with E-state index in [2.05, 4.69) is 10.3 Å². The van der Waals surface area contributed by atoms with Crippen LogP contribution in [-0.2, 0) is 4.79 Å². The topological polar surface area (TPSA) is 62.3 Å². The first kappa shape index (κ1) is 15.7. The smallest absolute Gasteiger partial charge is 0.254 e. The standard InChI is InChI=1S/C19H17N3O2/c1-22(19(24)15-9-11-20-12-10-15)13-18(23)21-17-8-4-6-14-5-2-3-7-16(14)17/h2-12H,13H2,1H3,(H,21,23). The Morgan fingerprint density at radius 1 is 1.00 bits per heavy atom. The van der Waals surface area contributed by atoms with E-state index in [1.165, 1.54) is 4.90 Å². The van der Waals surface area contributed by atoms with Crippen LogP contribution in [0.3, 0.4) is 0 Å². The second-order valence-electron chi connectivity index (χ2n) is 5.47. The fourth-order valence-corrected chi connectivity index (χ4v) is 2.53. The summed E-state index contributed by atoms with van der Waals surface area (Å²) in [6, 6.07) is 16.8. The third kappa shape index (κ3) is 3.41. The van der Waals surface area contributed by atoms with Crippen molar-refractivity contribution < 1.29 is 9.59 Å². The monoisotopic (exact) mass is 319 g/mol. The number of anilines is 1. The van der Waals surface area contributed by atoms with Gasteiger partial charge in [-0.15, -0.1) is 0 Å². The summed E-state index contributed by atoms with van der Waals surface area (Å²) in [5, 5.41) is 4.90. The Bertz CT molecular complexity index is 873. The molecule has 5 heteroatoms. The minimum atomic E-state index is -0.240. The highest BCUT2D eigenvalue weighted by Gasteiger charge is 2.15. The van der Waals surface area contributed by atoms with E-state index in [0.29, 0.717) is 5.56 Å². The summed E-state index contributed by atoms with van der Waals surface area (Å²) >= 11 is 0. The van der Waals surface area contributed by atoms with Crippen molar-refractivity contribution in [1.29, 1.82) is 0 Å². The number of nitrogens with zero attached hydrogens (tertiary/aromatic N) is 2. The van der Waals surface area contributed by atoms with E-state index in [4.69, 9.17) is 0 Å². The van der Waals surface area contributed by atoms with E-state index in [1.807, 2.05) is 42.5 Å². The number of fused-ring (bicyclic) bond motifs is 1. The summed E-state index contributed by atoms with van der Waals surface area (Å²) in [7, 11) is 1.60. The minimum absolute atomic E-state index is 0.0234. The molecule has 0 aliphatic rings. The average Bonchev–Trinajstić information content (AvgIpc) is 2.62. The Kier molecular flexibility index (Phi) is 4.52. The maximum absolute atomic E-state index is 12.3. The molecule has 0 spiro atoms. The highest BCUT2D eigenvalue weighted by atomic mass is 16.2. The maximum atomic E-state index is 12.3. The molecule has 0 radical (unpaired) electrons. The molecule has 0 atom stereocenters. The molecule has 2 amide bonds. The van der Waals surface area contributed by atoms with Crippen LogP contribution in [0.25, 0.3) is 10.8 Å². The summed E-state index contributed by atoms with van der Waals surface area (Å²) in [4.78, 5) is 29.8. The molecular weight excluding hydrogens is 302 g/mol. The Morgan fingerprint density at radius 3 is 2.50 bits per heavy atom. The SMILES string of the molecule is CN(CC(=O)Nc1cccc2ccccc12)C(=O)c1ccncc1. The summed E-state index contributed by atoms with van der Waals surface area (Å²) < 4.78 is 0. The van der Waals surface area contributed by atoms with E-state index in [1.54, 1.807) is 31.6 Å². The first-order chi connectivity index (χ1) is 11.6. The molecule has 2 aromatic carbocycles. The lowest BCUT2D eigenvalue weighted by Crippen LogP contribution is -2.34. The van der Waals surface area contributed by atoms with Gasteiger partial charge < -0.3 is 10.2 Å². The quantitative estimate of drug-likeness (QED) is 0.804. The number of carbonyl (C=O) groups excluding carboxylic acids is 2. The van der Waals surface area contributed by atoms with Crippen LogP contribution in [0.1, 0.15) is 10.4 Å². The van der Waals surface area contributed by atoms with Crippen LogP contribution in [0.5, 0.6) is 0 Å². The van der Waals surface area contributed by atoms with Gasteiger partial charge in [0.1, 0.15) is 0 Å². The molecule has 0 fully saturated rings. The van der Waals surface area contributed by atoms with Crippen molar-refractivity contribution in [3.8, 4) is 0 Å². The number of aromatic nitrogens is 1. The number of rotatable bonds is 4. The number of likely N-dealkylation sites (N-methyl/N-ethyl adjacent to an activating group) is 1. The molecule has 24 heavy (non-hydrogen) atoms. The van der Waals surface area contributed by atoms with Crippen molar-refractivity contribution in [1.82, 2.24) is 9.88 Å². The number of hydrogen-bond donors (Lipinski definition) is 1. The van der Waals surface area contributed by atoms with E-state index in [0.717, 1.165) is 16.5 Å². The molecular formula is C19H17N3O2. The van der Waals surface area contributed by atoms with E-state index in [-0.39, 0.29) is 18.4 Å². The van der Waals surface area contributed by atoms with E-state index in [9.17, 15) is 9.59 Å². The molecule has 1 aromatic heterocycles. The molecule has 0 saturated heterocycles. The van der Waals surface area contributed by atoms with Gasteiger partial charge in [-0.25, -0.2) is 0 Å². The Hall–Kier alpha value is -3.21. The van der Waals surface area contributed by atoms with Crippen molar-refractivity contribution in [3.63, 3.8) is 0 Å². The molecule has 0 aliphatic carbocycles. The molecule has 0 saturated carbocycles. The Morgan fingerprint density at radius 2 is 1.71 bits per heavy atom. The van der Waals surface area contributed by atoms with Crippen molar-refractivity contribution in [2.45, 2.75) is 0 Å². The number of amides is 2. The minimum Gasteiger partial charge on any atom is -0.332 e. The van der Waals surface area contributed by atoms with Gasteiger partial charge in [0.2, 0.25) is 5.91 Å². The van der Waals surface area contributed by atoms with Gasteiger partial charge in [0.25, 0.3) is 5.91 Å². The van der Waals surface area contributed by atoms with E-state index >= 15 is 0 Å². The normalized spacial score (nSPS) is 10.4. The maximum Gasteiger partial charge on any atom is 0.254 e. The van der Waals surface area contributed by atoms with Crippen molar-refractivity contribution in [2.75, 3.05) is 18.9 Å². The van der Waals surface area contributed by atoms with Crippen LogP contribution in [0.2, 0.25) is 0 Å². The average molecular weight is 319 g/mol. The Balaban J connectivity index is 1.70. The molecule has 120 valence electrons. The summed E-state index contributed by atoms with van der Waals surface area (Å²) in [6.45, 7) is -0.0234. The van der Waals surface area contributed by atoms with Crippen LogP contribution >= 0.6 is 0 Å². The molecule has 0 bridgehead atoms. The van der Waals surface area contributed by atoms with E-state index < -0.39 is 0 Å². The zero-order valence-electron chi connectivity index (χ0n) is 13.3. The van der Waals surface area contributed by atoms with Gasteiger partial charge in [-0.05, 0) is 23.6 Å².